The number of rotatable bonds is 4. The van der Waals surface area contributed by atoms with E-state index in [-0.39, 0.29) is 18.7 Å². The summed E-state index contributed by atoms with van der Waals surface area (Å²) >= 11 is 0. The van der Waals surface area contributed by atoms with Gasteiger partial charge in [-0.05, 0) is 57.9 Å². The van der Waals surface area contributed by atoms with E-state index >= 15 is 0 Å². The second-order valence-electron chi connectivity index (χ2n) is 7.30. The number of hydrogen-bond donors (Lipinski definition) is 1. The minimum Gasteiger partial charge on any atom is -0.444 e. The molecule has 4 nitrogen and oxygen atoms in total. The molecule has 1 aromatic carbocycles. The zero-order valence-electron chi connectivity index (χ0n) is 14.5. The third-order valence-corrected chi connectivity index (χ3v) is 4.26. The molecule has 2 atom stereocenters. The summed E-state index contributed by atoms with van der Waals surface area (Å²) in [5.74, 6) is 0.366. The number of hydrogen-bond acceptors (Lipinski definition) is 3. The first-order valence-corrected chi connectivity index (χ1v) is 8.58. The lowest BCUT2D eigenvalue weighted by Crippen LogP contribution is -2.45. The number of carbonyl (C=O) groups is 1. The Morgan fingerprint density at radius 2 is 2.00 bits per heavy atom. The van der Waals surface area contributed by atoms with E-state index in [1.54, 1.807) is 0 Å². The monoisotopic (exact) mass is 319 g/mol. The molecule has 4 heteroatoms. The van der Waals surface area contributed by atoms with Crippen LogP contribution < -0.4 is 0 Å². The first kappa shape index (κ1) is 17.8. The van der Waals surface area contributed by atoms with E-state index in [1.165, 1.54) is 0 Å². The molecular formula is C19H29NO3. The van der Waals surface area contributed by atoms with Gasteiger partial charge < -0.3 is 14.7 Å². The number of ether oxygens (including phenoxy) is 1. The average Bonchev–Trinajstić information content (AvgIpc) is 2.51. The van der Waals surface area contributed by atoms with Gasteiger partial charge in [-0.3, -0.25) is 0 Å². The lowest BCUT2D eigenvalue weighted by atomic mass is 9.82. The van der Waals surface area contributed by atoms with E-state index in [9.17, 15) is 9.90 Å². The molecule has 23 heavy (non-hydrogen) atoms. The number of nitrogens with zero attached hydrogens (tertiary/aromatic N) is 1. The number of piperidine rings is 1. The van der Waals surface area contributed by atoms with Crippen LogP contribution in [-0.2, 0) is 4.74 Å². The number of carbonyl (C=O) groups excluding carboxylic acids is 1. The molecule has 0 aliphatic carbocycles. The van der Waals surface area contributed by atoms with Crippen molar-refractivity contribution in [2.75, 3.05) is 13.2 Å². The fourth-order valence-corrected chi connectivity index (χ4v) is 3.36. The highest BCUT2D eigenvalue weighted by Gasteiger charge is 2.37. The number of amides is 1. The first-order valence-electron chi connectivity index (χ1n) is 8.58. The van der Waals surface area contributed by atoms with Crippen molar-refractivity contribution in [2.45, 2.75) is 58.1 Å². The van der Waals surface area contributed by atoms with Gasteiger partial charge in [-0.15, -0.1) is 0 Å². The molecule has 0 radical (unpaired) electrons. The summed E-state index contributed by atoms with van der Waals surface area (Å²) in [5, 5.41) is 9.18. The van der Waals surface area contributed by atoms with Crippen molar-refractivity contribution < 1.29 is 14.6 Å². The summed E-state index contributed by atoms with van der Waals surface area (Å²) < 4.78 is 5.62. The highest BCUT2D eigenvalue weighted by atomic mass is 16.6. The van der Waals surface area contributed by atoms with E-state index in [2.05, 4.69) is 12.1 Å². The lowest BCUT2D eigenvalue weighted by Gasteiger charge is -2.42. The molecular weight excluding hydrogens is 290 g/mol. The summed E-state index contributed by atoms with van der Waals surface area (Å²) in [5.41, 5.74) is 0.664. The van der Waals surface area contributed by atoms with Crippen molar-refractivity contribution in [2.24, 2.45) is 5.92 Å². The van der Waals surface area contributed by atoms with Gasteiger partial charge in [0.2, 0.25) is 0 Å². The SMILES string of the molecule is CC(C)(C)OC(=O)N1CCC[C@H](CCCO)[C@H]1c1ccccc1. The van der Waals surface area contributed by atoms with Crippen LogP contribution in [0, 0.1) is 5.92 Å². The van der Waals surface area contributed by atoms with Gasteiger partial charge in [0.15, 0.2) is 0 Å². The summed E-state index contributed by atoms with van der Waals surface area (Å²) in [6, 6.07) is 10.2. The van der Waals surface area contributed by atoms with Crippen molar-refractivity contribution >= 4 is 6.09 Å². The Balaban J connectivity index is 2.25. The van der Waals surface area contributed by atoms with Gasteiger partial charge in [-0.25, -0.2) is 4.79 Å². The van der Waals surface area contributed by atoms with Crippen molar-refractivity contribution in [3.05, 3.63) is 35.9 Å². The van der Waals surface area contributed by atoms with Crippen molar-refractivity contribution in [1.29, 1.82) is 0 Å². The maximum Gasteiger partial charge on any atom is 0.410 e. The minimum atomic E-state index is -0.490. The van der Waals surface area contributed by atoms with Crippen LogP contribution in [0.2, 0.25) is 0 Å². The summed E-state index contributed by atoms with van der Waals surface area (Å²) in [7, 11) is 0. The first-order chi connectivity index (χ1) is 10.9. The quantitative estimate of drug-likeness (QED) is 0.907. The van der Waals surface area contributed by atoms with Gasteiger partial charge in [0.25, 0.3) is 0 Å². The molecule has 1 amide bonds. The molecule has 1 fully saturated rings. The van der Waals surface area contributed by atoms with Crippen LogP contribution in [0.15, 0.2) is 30.3 Å². The Bertz CT molecular complexity index is 495. The zero-order valence-corrected chi connectivity index (χ0v) is 14.5. The van der Waals surface area contributed by atoms with Crippen LogP contribution in [0.1, 0.15) is 58.1 Å². The third-order valence-electron chi connectivity index (χ3n) is 4.26. The highest BCUT2D eigenvalue weighted by molar-refractivity contribution is 5.69. The minimum absolute atomic E-state index is 0.0337. The van der Waals surface area contributed by atoms with E-state index < -0.39 is 5.60 Å². The summed E-state index contributed by atoms with van der Waals surface area (Å²) in [6.45, 7) is 6.62. The van der Waals surface area contributed by atoms with Gasteiger partial charge in [0, 0.05) is 13.2 Å². The number of likely N-dealkylation sites (tertiary alicyclic amines) is 1. The molecule has 1 heterocycles. The Morgan fingerprint density at radius 1 is 1.30 bits per heavy atom. The molecule has 1 aliphatic rings. The molecule has 0 saturated carbocycles. The molecule has 1 aromatic rings. The fourth-order valence-electron chi connectivity index (χ4n) is 3.36. The molecule has 1 N–H and O–H groups in total. The number of aliphatic hydroxyl groups is 1. The normalized spacial score (nSPS) is 22.0. The van der Waals surface area contributed by atoms with E-state index in [0.29, 0.717) is 5.92 Å². The smallest absolute Gasteiger partial charge is 0.410 e. The standard InChI is InChI=1S/C19H29NO3/c1-19(2,3)23-18(22)20-13-7-11-16(12-8-14-21)17(20)15-9-5-4-6-10-15/h4-6,9-10,16-17,21H,7-8,11-14H2,1-3H3/t16-,17-/m1/s1. The molecule has 0 unspecified atom stereocenters. The predicted molar refractivity (Wildman–Crippen MR) is 91.2 cm³/mol. The van der Waals surface area contributed by atoms with Gasteiger partial charge in [0.05, 0.1) is 6.04 Å². The maximum absolute atomic E-state index is 12.7. The van der Waals surface area contributed by atoms with Crippen LogP contribution in [0.3, 0.4) is 0 Å². The van der Waals surface area contributed by atoms with Crippen LogP contribution in [-0.4, -0.2) is 34.9 Å². The van der Waals surface area contributed by atoms with Crippen LogP contribution in [0.25, 0.3) is 0 Å². The van der Waals surface area contributed by atoms with Gasteiger partial charge in [0.1, 0.15) is 5.60 Å². The lowest BCUT2D eigenvalue weighted by molar-refractivity contribution is -0.00205. The van der Waals surface area contributed by atoms with Crippen molar-refractivity contribution in [3.63, 3.8) is 0 Å². The van der Waals surface area contributed by atoms with Gasteiger partial charge in [-0.1, -0.05) is 30.3 Å². The molecule has 1 saturated heterocycles. The number of aliphatic hydroxyl groups excluding tert-OH is 1. The highest BCUT2D eigenvalue weighted by Crippen LogP contribution is 2.39. The molecule has 1 aliphatic heterocycles. The van der Waals surface area contributed by atoms with Crippen LogP contribution in [0.5, 0.6) is 0 Å². The van der Waals surface area contributed by atoms with Crippen molar-refractivity contribution in [1.82, 2.24) is 4.90 Å². The topological polar surface area (TPSA) is 49.8 Å². The fraction of sp³-hybridized carbons (Fsp3) is 0.632. The molecule has 0 spiro atoms. The molecule has 2 rings (SSSR count). The summed E-state index contributed by atoms with van der Waals surface area (Å²) in [6.07, 6.45) is 3.53. The maximum atomic E-state index is 12.7. The second-order valence-corrected chi connectivity index (χ2v) is 7.30. The van der Waals surface area contributed by atoms with E-state index in [4.69, 9.17) is 4.74 Å². The Kier molecular flexibility index (Phi) is 6.05. The number of benzene rings is 1. The summed E-state index contributed by atoms with van der Waals surface area (Å²) in [4.78, 5) is 14.6. The van der Waals surface area contributed by atoms with E-state index in [1.807, 2.05) is 43.9 Å². The Morgan fingerprint density at radius 3 is 2.61 bits per heavy atom. The van der Waals surface area contributed by atoms with Gasteiger partial charge >= 0.3 is 6.09 Å². The van der Waals surface area contributed by atoms with Gasteiger partial charge in [-0.2, -0.15) is 0 Å². The molecule has 128 valence electrons. The zero-order chi connectivity index (χ0) is 16.9. The largest absolute Gasteiger partial charge is 0.444 e. The van der Waals surface area contributed by atoms with Crippen LogP contribution >= 0.6 is 0 Å². The molecule has 0 aromatic heterocycles. The van der Waals surface area contributed by atoms with Crippen LogP contribution in [0.4, 0.5) is 4.79 Å². The van der Waals surface area contributed by atoms with E-state index in [0.717, 1.165) is 37.8 Å². The second kappa shape index (κ2) is 7.82. The Hall–Kier alpha value is -1.55. The average molecular weight is 319 g/mol. The predicted octanol–water partition coefficient (Wildman–Crippen LogP) is 4.15. The third kappa shape index (κ3) is 4.96. The van der Waals surface area contributed by atoms with Crippen molar-refractivity contribution in [3.8, 4) is 0 Å². The molecule has 0 bridgehead atoms. The Labute approximate surface area is 139 Å².